The van der Waals surface area contributed by atoms with Gasteiger partial charge in [-0.25, -0.2) is 0 Å². The maximum Gasteiger partial charge on any atom is 0.254 e. The molecule has 1 amide bonds. The Morgan fingerprint density at radius 1 is 1.22 bits per heavy atom. The molecule has 0 aliphatic carbocycles. The van der Waals surface area contributed by atoms with Crippen molar-refractivity contribution in [2.24, 2.45) is 0 Å². The highest BCUT2D eigenvalue weighted by Crippen LogP contribution is 2.18. The number of benzene rings is 1. The van der Waals surface area contributed by atoms with Crippen LogP contribution in [0.1, 0.15) is 15.9 Å². The summed E-state index contributed by atoms with van der Waals surface area (Å²) in [6.07, 6.45) is 0.931. The molecule has 0 bridgehead atoms. The zero-order valence-corrected chi connectivity index (χ0v) is 10.7. The fraction of sp³-hybridized carbons (Fsp3) is 0.500. The molecule has 1 aromatic rings. The van der Waals surface area contributed by atoms with Crippen LogP contribution in [0.15, 0.2) is 24.3 Å². The third kappa shape index (κ3) is 3.09. The zero-order chi connectivity index (χ0) is 12.8. The molecule has 0 spiro atoms. The van der Waals surface area contributed by atoms with Crippen LogP contribution in [0.5, 0.6) is 0 Å². The van der Waals surface area contributed by atoms with Crippen molar-refractivity contribution in [1.82, 2.24) is 4.90 Å². The molecule has 1 heterocycles. The van der Waals surface area contributed by atoms with Crippen LogP contribution < -0.4 is 0 Å². The van der Waals surface area contributed by atoms with Gasteiger partial charge in [-0.15, -0.1) is 0 Å². The minimum Gasteiger partial charge on any atom is -0.382 e. The van der Waals surface area contributed by atoms with Crippen molar-refractivity contribution < 1.29 is 14.3 Å². The van der Waals surface area contributed by atoms with Gasteiger partial charge in [0.25, 0.3) is 5.91 Å². The highest BCUT2D eigenvalue weighted by atomic mass is 16.5. The van der Waals surface area contributed by atoms with Gasteiger partial charge < -0.3 is 14.4 Å². The van der Waals surface area contributed by atoms with E-state index in [1.165, 1.54) is 0 Å². The normalized spacial score (nSPS) is 14.7. The molecule has 0 aromatic heterocycles. The summed E-state index contributed by atoms with van der Waals surface area (Å²) in [6.45, 7) is 3.17. The number of rotatable bonds is 6. The Morgan fingerprint density at radius 2 is 2.06 bits per heavy atom. The fourth-order valence-electron chi connectivity index (χ4n) is 2.11. The lowest BCUT2D eigenvalue weighted by molar-refractivity contribution is 0.0480. The first kappa shape index (κ1) is 13.1. The minimum atomic E-state index is 0.118. The van der Waals surface area contributed by atoms with Gasteiger partial charge in [-0.05, 0) is 18.1 Å². The molecule has 0 atom stereocenters. The van der Waals surface area contributed by atoms with Crippen molar-refractivity contribution in [3.8, 4) is 0 Å². The maximum atomic E-state index is 12.2. The number of methoxy groups -OCH3 is 1. The molecule has 4 nitrogen and oxygen atoms in total. The molecule has 0 N–H and O–H groups in total. The van der Waals surface area contributed by atoms with E-state index in [2.05, 4.69) is 0 Å². The average molecular weight is 249 g/mol. The monoisotopic (exact) mass is 249 g/mol. The Bertz CT molecular complexity index is 406. The predicted octanol–water partition coefficient (Wildman–Crippen LogP) is 1.35. The molecule has 2 rings (SSSR count). The molecule has 0 unspecified atom stereocenters. The highest BCUT2D eigenvalue weighted by molar-refractivity contribution is 5.96. The number of carbonyl (C=O) groups is 1. The van der Waals surface area contributed by atoms with Crippen LogP contribution >= 0.6 is 0 Å². The second-order valence-electron chi connectivity index (χ2n) is 4.30. The van der Waals surface area contributed by atoms with Crippen LogP contribution in [0.3, 0.4) is 0 Å². The first-order valence-electron chi connectivity index (χ1n) is 6.27. The van der Waals surface area contributed by atoms with E-state index in [-0.39, 0.29) is 5.91 Å². The van der Waals surface area contributed by atoms with E-state index in [1.54, 1.807) is 7.11 Å². The molecule has 4 heteroatoms. The van der Waals surface area contributed by atoms with E-state index in [1.807, 2.05) is 29.2 Å². The van der Waals surface area contributed by atoms with Crippen LogP contribution in [-0.2, 0) is 15.9 Å². The third-order valence-corrected chi connectivity index (χ3v) is 3.12. The largest absolute Gasteiger partial charge is 0.382 e. The van der Waals surface area contributed by atoms with Gasteiger partial charge in [-0.2, -0.15) is 0 Å². The lowest BCUT2D eigenvalue weighted by Gasteiger charge is -2.28. The lowest BCUT2D eigenvalue weighted by Crippen LogP contribution is -2.39. The summed E-state index contributed by atoms with van der Waals surface area (Å²) in [4.78, 5) is 14.0. The minimum absolute atomic E-state index is 0.118. The van der Waals surface area contributed by atoms with Crippen LogP contribution in [0.25, 0.3) is 0 Å². The van der Waals surface area contributed by atoms with E-state index in [0.29, 0.717) is 26.4 Å². The number of carbonyl (C=O) groups excluding carboxylic acids is 1. The summed E-state index contributed by atoms with van der Waals surface area (Å²) >= 11 is 0. The molecule has 1 aliphatic rings. The topological polar surface area (TPSA) is 38.8 Å². The van der Waals surface area contributed by atoms with E-state index in [9.17, 15) is 4.79 Å². The van der Waals surface area contributed by atoms with Crippen molar-refractivity contribution in [3.63, 3.8) is 0 Å². The summed E-state index contributed by atoms with van der Waals surface area (Å²) in [6, 6.07) is 7.82. The molecule has 0 radical (unpaired) electrons. The number of fused-ring (bicyclic) bond motifs is 1. The Kier molecular flexibility index (Phi) is 4.73. The number of hydrogen-bond donors (Lipinski definition) is 0. The van der Waals surface area contributed by atoms with Gasteiger partial charge in [0.1, 0.15) is 0 Å². The second-order valence-corrected chi connectivity index (χ2v) is 4.30. The summed E-state index contributed by atoms with van der Waals surface area (Å²) < 4.78 is 10.3. The number of ether oxygens (including phenoxy) is 2. The second kappa shape index (κ2) is 6.52. The Labute approximate surface area is 107 Å². The quantitative estimate of drug-likeness (QED) is 0.714. The van der Waals surface area contributed by atoms with Gasteiger partial charge in [0, 0.05) is 25.8 Å². The van der Waals surface area contributed by atoms with Crippen molar-refractivity contribution >= 4 is 5.91 Å². The SMILES string of the molecule is COCCOCCN1CCc2ccccc2C1=O. The highest BCUT2D eigenvalue weighted by Gasteiger charge is 2.23. The average Bonchev–Trinajstić information content (AvgIpc) is 2.41. The van der Waals surface area contributed by atoms with Crippen LogP contribution in [0.4, 0.5) is 0 Å². The van der Waals surface area contributed by atoms with Crippen molar-refractivity contribution in [1.29, 1.82) is 0 Å². The molecular formula is C14H19NO3. The van der Waals surface area contributed by atoms with Crippen LogP contribution in [0.2, 0.25) is 0 Å². The summed E-state index contributed by atoms with van der Waals surface area (Å²) in [7, 11) is 1.65. The standard InChI is InChI=1S/C14H19NO3/c1-17-10-11-18-9-8-15-7-6-12-4-2-3-5-13(12)14(15)16/h2-5H,6-11H2,1H3. The van der Waals surface area contributed by atoms with Gasteiger partial charge in [-0.1, -0.05) is 18.2 Å². The molecule has 0 fully saturated rings. The van der Waals surface area contributed by atoms with E-state index < -0.39 is 0 Å². The molecular weight excluding hydrogens is 230 g/mol. The smallest absolute Gasteiger partial charge is 0.254 e. The molecule has 1 aliphatic heterocycles. The molecule has 98 valence electrons. The van der Waals surface area contributed by atoms with Crippen molar-refractivity contribution in [2.45, 2.75) is 6.42 Å². The Hall–Kier alpha value is -1.39. The Morgan fingerprint density at radius 3 is 2.89 bits per heavy atom. The van der Waals surface area contributed by atoms with Crippen LogP contribution in [0, 0.1) is 0 Å². The molecule has 18 heavy (non-hydrogen) atoms. The lowest BCUT2D eigenvalue weighted by atomic mass is 9.99. The van der Waals surface area contributed by atoms with Crippen molar-refractivity contribution in [2.75, 3.05) is 40.0 Å². The number of amides is 1. The number of hydrogen-bond acceptors (Lipinski definition) is 3. The fourth-order valence-corrected chi connectivity index (χ4v) is 2.11. The predicted molar refractivity (Wildman–Crippen MR) is 68.7 cm³/mol. The molecule has 0 saturated heterocycles. The summed E-state index contributed by atoms with van der Waals surface area (Å²) in [5, 5.41) is 0. The first-order chi connectivity index (χ1) is 8.83. The third-order valence-electron chi connectivity index (χ3n) is 3.12. The first-order valence-corrected chi connectivity index (χ1v) is 6.27. The van der Waals surface area contributed by atoms with Gasteiger partial charge in [-0.3, -0.25) is 4.79 Å². The Balaban J connectivity index is 1.84. The molecule has 1 aromatic carbocycles. The molecule has 0 saturated carbocycles. The maximum absolute atomic E-state index is 12.2. The van der Waals surface area contributed by atoms with E-state index in [4.69, 9.17) is 9.47 Å². The zero-order valence-electron chi connectivity index (χ0n) is 10.7. The van der Waals surface area contributed by atoms with E-state index in [0.717, 1.165) is 24.1 Å². The van der Waals surface area contributed by atoms with Gasteiger partial charge in [0.15, 0.2) is 0 Å². The van der Waals surface area contributed by atoms with Gasteiger partial charge >= 0.3 is 0 Å². The van der Waals surface area contributed by atoms with Gasteiger partial charge in [0.05, 0.1) is 19.8 Å². The van der Waals surface area contributed by atoms with E-state index >= 15 is 0 Å². The van der Waals surface area contributed by atoms with Gasteiger partial charge in [0.2, 0.25) is 0 Å². The summed E-state index contributed by atoms with van der Waals surface area (Å²) in [5.41, 5.74) is 1.99. The summed E-state index contributed by atoms with van der Waals surface area (Å²) in [5.74, 6) is 0.118. The van der Waals surface area contributed by atoms with Crippen molar-refractivity contribution in [3.05, 3.63) is 35.4 Å². The van der Waals surface area contributed by atoms with Crippen LogP contribution in [-0.4, -0.2) is 50.8 Å². The number of nitrogens with zero attached hydrogens (tertiary/aromatic N) is 1.